The van der Waals surface area contributed by atoms with Gasteiger partial charge in [0.15, 0.2) is 18.1 Å². The number of ether oxygens (including phenoxy) is 4. The van der Waals surface area contributed by atoms with E-state index in [0.29, 0.717) is 17.1 Å². The Morgan fingerprint density at radius 3 is 2.53 bits per heavy atom. The lowest BCUT2D eigenvalue weighted by molar-refractivity contribution is -0.143. The predicted octanol–water partition coefficient (Wildman–Crippen LogP) is 2.86. The molecule has 1 aliphatic rings. The molecule has 0 spiro atoms. The number of furan rings is 1. The van der Waals surface area contributed by atoms with Gasteiger partial charge >= 0.3 is 11.9 Å². The van der Waals surface area contributed by atoms with Crippen molar-refractivity contribution in [3.8, 4) is 11.5 Å². The van der Waals surface area contributed by atoms with Crippen LogP contribution in [0.1, 0.15) is 21.9 Å². The van der Waals surface area contributed by atoms with Gasteiger partial charge in [-0.15, -0.1) is 0 Å². The topological polar surface area (TPSA) is 122 Å². The van der Waals surface area contributed by atoms with Crippen molar-refractivity contribution in [1.29, 1.82) is 0 Å². The highest BCUT2D eigenvalue weighted by Crippen LogP contribution is 2.35. The highest BCUT2D eigenvalue weighted by molar-refractivity contribution is 8.18. The van der Waals surface area contributed by atoms with E-state index in [1.165, 1.54) is 33.5 Å². The number of carbonyl (C=O) groups excluding carboxylic acids is 4. The number of hydrogen-bond acceptors (Lipinski definition) is 10. The van der Waals surface area contributed by atoms with Crippen molar-refractivity contribution < 1.29 is 42.5 Å². The first kappa shape index (κ1) is 22.9. The molecule has 1 aliphatic heterocycles. The van der Waals surface area contributed by atoms with E-state index in [9.17, 15) is 19.2 Å². The number of esters is 2. The molecule has 1 fully saturated rings. The molecule has 3 rings (SSSR count). The molecule has 1 aromatic carbocycles. The number of nitrogens with zero attached hydrogens (tertiary/aromatic N) is 1. The third kappa shape index (κ3) is 5.11. The fourth-order valence-corrected chi connectivity index (χ4v) is 3.54. The Labute approximate surface area is 187 Å². The normalized spacial score (nSPS) is 14.6. The van der Waals surface area contributed by atoms with E-state index in [4.69, 9.17) is 13.9 Å². The van der Waals surface area contributed by atoms with Crippen LogP contribution in [0.25, 0.3) is 6.08 Å². The summed E-state index contributed by atoms with van der Waals surface area (Å²) in [7, 11) is 3.91. The molecule has 0 N–H and O–H groups in total. The summed E-state index contributed by atoms with van der Waals surface area (Å²) < 4.78 is 25.1. The monoisotopic (exact) mass is 461 g/mol. The maximum absolute atomic E-state index is 12.7. The third-order valence-corrected chi connectivity index (χ3v) is 5.20. The van der Waals surface area contributed by atoms with Crippen molar-refractivity contribution in [2.75, 3.05) is 27.9 Å². The molecular weight excluding hydrogens is 442 g/mol. The summed E-state index contributed by atoms with van der Waals surface area (Å²) in [5.74, 6) is -0.788. The molecule has 168 valence electrons. The summed E-state index contributed by atoms with van der Waals surface area (Å²) in [5, 5.41) is -0.470. The first-order valence-electron chi connectivity index (χ1n) is 9.16. The number of carbonyl (C=O) groups is 4. The van der Waals surface area contributed by atoms with Gasteiger partial charge in [-0.25, -0.2) is 9.59 Å². The van der Waals surface area contributed by atoms with Crippen molar-refractivity contribution in [1.82, 2.24) is 4.90 Å². The summed E-state index contributed by atoms with van der Waals surface area (Å²) in [6.45, 7) is -0.405. The molecule has 1 saturated heterocycles. The highest BCUT2D eigenvalue weighted by Gasteiger charge is 2.35. The SMILES string of the molecule is COC(=O)COc1ccc(/C=C2/SC(=O)N(Cc3ccc(C(=O)OC)o3)C2=O)cc1OC. The molecule has 0 saturated carbocycles. The smallest absolute Gasteiger partial charge is 0.373 e. The number of imide groups is 1. The molecular formula is C21H19NO9S. The third-order valence-electron chi connectivity index (χ3n) is 4.29. The number of rotatable bonds is 8. The largest absolute Gasteiger partial charge is 0.493 e. The summed E-state index contributed by atoms with van der Waals surface area (Å²) in [6, 6.07) is 7.74. The van der Waals surface area contributed by atoms with Gasteiger partial charge in [0.2, 0.25) is 5.76 Å². The zero-order valence-corrected chi connectivity index (χ0v) is 18.2. The summed E-state index contributed by atoms with van der Waals surface area (Å²) in [6.07, 6.45) is 1.54. The number of methoxy groups -OCH3 is 3. The number of amides is 2. The van der Waals surface area contributed by atoms with Crippen LogP contribution < -0.4 is 9.47 Å². The lowest BCUT2D eigenvalue weighted by atomic mass is 10.2. The Kier molecular flexibility index (Phi) is 7.21. The van der Waals surface area contributed by atoms with E-state index in [-0.39, 0.29) is 29.6 Å². The van der Waals surface area contributed by atoms with Gasteiger partial charge in [0.1, 0.15) is 5.76 Å². The Hall–Kier alpha value is -3.73. The maximum Gasteiger partial charge on any atom is 0.373 e. The Morgan fingerprint density at radius 1 is 1.06 bits per heavy atom. The van der Waals surface area contributed by atoms with Gasteiger partial charge in [-0.05, 0) is 47.7 Å². The van der Waals surface area contributed by atoms with Crippen LogP contribution in [0.5, 0.6) is 11.5 Å². The van der Waals surface area contributed by atoms with Crippen molar-refractivity contribution >= 4 is 40.9 Å². The van der Waals surface area contributed by atoms with Crippen LogP contribution in [0.3, 0.4) is 0 Å². The van der Waals surface area contributed by atoms with Crippen LogP contribution in [-0.4, -0.2) is 55.9 Å². The lowest BCUT2D eigenvalue weighted by Crippen LogP contribution is -2.27. The molecule has 10 nitrogen and oxygen atoms in total. The van der Waals surface area contributed by atoms with Gasteiger partial charge in [0, 0.05) is 0 Å². The number of thioether (sulfide) groups is 1. The van der Waals surface area contributed by atoms with Crippen molar-refractivity contribution in [3.63, 3.8) is 0 Å². The first-order chi connectivity index (χ1) is 15.4. The van der Waals surface area contributed by atoms with E-state index >= 15 is 0 Å². The predicted molar refractivity (Wildman–Crippen MR) is 112 cm³/mol. The quantitative estimate of drug-likeness (QED) is 0.428. The van der Waals surface area contributed by atoms with E-state index in [0.717, 1.165) is 16.7 Å². The molecule has 0 radical (unpaired) electrons. The van der Waals surface area contributed by atoms with E-state index in [1.54, 1.807) is 24.3 Å². The molecule has 1 aromatic heterocycles. The van der Waals surface area contributed by atoms with Crippen molar-refractivity contribution in [2.45, 2.75) is 6.54 Å². The zero-order valence-electron chi connectivity index (χ0n) is 17.4. The summed E-state index contributed by atoms with van der Waals surface area (Å²) in [4.78, 5) is 49.1. The van der Waals surface area contributed by atoms with Crippen LogP contribution in [0.2, 0.25) is 0 Å². The minimum absolute atomic E-state index is 0.0217. The van der Waals surface area contributed by atoms with Gasteiger partial charge in [-0.3, -0.25) is 14.5 Å². The van der Waals surface area contributed by atoms with Gasteiger partial charge in [0.05, 0.1) is 32.8 Å². The second-order valence-electron chi connectivity index (χ2n) is 6.30. The maximum atomic E-state index is 12.7. The second kappa shape index (κ2) is 10.1. The molecule has 0 unspecified atom stereocenters. The van der Waals surface area contributed by atoms with E-state index in [1.807, 2.05) is 0 Å². The molecule has 0 bridgehead atoms. The van der Waals surface area contributed by atoms with Crippen LogP contribution in [0.4, 0.5) is 4.79 Å². The molecule has 2 aromatic rings. The van der Waals surface area contributed by atoms with Crippen molar-refractivity contribution in [3.05, 3.63) is 52.3 Å². The number of hydrogen-bond donors (Lipinski definition) is 0. The lowest BCUT2D eigenvalue weighted by Gasteiger charge is -2.11. The average molecular weight is 461 g/mol. The van der Waals surface area contributed by atoms with Gasteiger partial charge in [-0.2, -0.15) is 0 Å². The van der Waals surface area contributed by atoms with Crippen molar-refractivity contribution in [2.24, 2.45) is 0 Å². The average Bonchev–Trinajstić information content (AvgIpc) is 3.37. The van der Waals surface area contributed by atoms with Crippen LogP contribution in [0.15, 0.2) is 39.7 Å². The highest BCUT2D eigenvalue weighted by atomic mass is 32.2. The first-order valence-corrected chi connectivity index (χ1v) is 9.98. The van der Waals surface area contributed by atoms with E-state index < -0.39 is 23.1 Å². The van der Waals surface area contributed by atoms with Crippen LogP contribution >= 0.6 is 11.8 Å². The standard InChI is InChI=1S/C21H19NO9S/c1-27-16-8-12(4-6-14(16)30-11-18(23)28-2)9-17-19(24)22(21(26)32-17)10-13-5-7-15(31-13)20(25)29-3/h4-9H,10-11H2,1-3H3/b17-9+. The molecule has 11 heteroatoms. The van der Waals surface area contributed by atoms with E-state index in [2.05, 4.69) is 9.47 Å². The van der Waals surface area contributed by atoms with Crippen LogP contribution in [0, 0.1) is 0 Å². The molecule has 32 heavy (non-hydrogen) atoms. The Balaban J connectivity index is 1.74. The second-order valence-corrected chi connectivity index (χ2v) is 7.29. The zero-order chi connectivity index (χ0) is 23.3. The molecule has 0 atom stereocenters. The molecule has 2 heterocycles. The molecule has 0 aliphatic carbocycles. The number of benzene rings is 1. The summed E-state index contributed by atoms with van der Waals surface area (Å²) in [5.41, 5.74) is 0.587. The minimum atomic E-state index is -0.654. The van der Waals surface area contributed by atoms with Gasteiger partial charge in [-0.1, -0.05) is 6.07 Å². The van der Waals surface area contributed by atoms with Gasteiger partial charge < -0.3 is 23.4 Å². The molecule has 2 amide bonds. The van der Waals surface area contributed by atoms with Crippen LogP contribution in [-0.2, 0) is 25.6 Å². The minimum Gasteiger partial charge on any atom is -0.493 e. The van der Waals surface area contributed by atoms with Gasteiger partial charge in [0.25, 0.3) is 11.1 Å². The Morgan fingerprint density at radius 2 is 1.84 bits per heavy atom. The fraction of sp³-hybridized carbons (Fsp3) is 0.238. The Bertz CT molecular complexity index is 1090. The summed E-state index contributed by atoms with van der Waals surface area (Å²) >= 11 is 0.780. The fourth-order valence-electron chi connectivity index (χ4n) is 2.71.